The van der Waals surface area contributed by atoms with Crippen LogP contribution in [0.15, 0.2) is 60.8 Å². The largest absolute Gasteiger partial charge is 0.494 e. The van der Waals surface area contributed by atoms with Gasteiger partial charge in [0.25, 0.3) is 5.91 Å². The van der Waals surface area contributed by atoms with Crippen LogP contribution in [0.4, 0.5) is 17.1 Å². The fourth-order valence-corrected chi connectivity index (χ4v) is 2.63. The molecule has 0 spiro atoms. The molecule has 2 aromatic carbocycles. The Morgan fingerprint density at radius 3 is 2.41 bits per heavy atom. The van der Waals surface area contributed by atoms with Crippen LogP contribution in [0.3, 0.4) is 0 Å². The van der Waals surface area contributed by atoms with Gasteiger partial charge in [0.2, 0.25) is 0 Å². The van der Waals surface area contributed by atoms with Crippen LogP contribution in [0.25, 0.3) is 0 Å². The Kier molecular flexibility index (Phi) is 5.71. The number of hydrogen-bond acceptors (Lipinski definition) is 4. The molecule has 2 N–H and O–H groups in total. The lowest BCUT2D eigenvalue weighted by atomic mass is 10.1. The number of carbonyl (C=O) groups excluding carboxylic acids is 1. The average Bonchev–Trinajstić information content (AvgIpc) is 2.67. The van der Waals surface area contributed by atoms with Crippen LogP contribution in [-0.4, -0.2) is 17.5 Å². The lowest BCUT2D eigenvalue weighted by Crippen LogP contribution is -2.14. The maximum Gasteiger partial charge on any atom is 0.274 e. The Bertz CT molecular complexity index is 919. The molecule has 138 valence electrons. The molecule has 3 rings (SSSR count). The molecule has 0 aliphatic carbocycles. The van der Waals surface area contributed by atoms with Crippen molar-refractivity contribution in [3.05, 3.63) is 77.6 Å². The lowest BCUT2D eigenvalue weighted by Gasteiger charge is -2.10. The summed E-state index contributed by atoms with van der Waals surface area (Å²) < 4.78 is 5.43. The quantitative estimate of drug-likeness (QED) is 0.642. The molecule has 0 unspecified atom stereocenters. The molecule has 5 heteroatoms. The lowest BCUT2D eigenvalue weighted by molar-refractivity contribution is 0.102. The second kappa shape index (κ2) is 8.36. The van der Waals surface area contributed by atoms with Crippen LogP contribution in [0.1, 0.15) is 28.5 Å². The SMILES string of the molecule is CCOc1ccc(Nc2ccc(C(=O)Nc3cc(C)ccc3C)nc2)cc1. The Morgan fingerprint density at radius 2 is 1.74 bits per heavy atom. The van der Waals surface area contributed by atoms with Gasteiger partial charge in [0, 0.05) is 11.4 Å². The topological polar surface area (TPSA) is 63.2 Å². The highest BCUT2D eigenvalue weighted by Crippen LogP contribution is 2.21. The van der Waals surface area contributed by atoms with E-state index in [9.17, 15) is 4.79 Å². The summed E-state index contributed by atoms with van der Waals surface area (Å²) in [7, 11) is 0. The Hall–Kier alpha value is -3.34. The van der Waals surface area contributed by atoms with Crippen molar-refractivity contribution >= 4 is 23.0 Å². The number of hydrogen-bond donors (Lipinski definition) is 2. The highest BCUT2D eigenvalue weighted by molar-refractivity contribution is 6.03. The molecular weight excluding hydrogens is 338 g/mol. The highest BCUT2D eigenvalue weighted by atomic mass is 16.5. The third kappa shape index (κ3) is 4.85. The van der Waals surface area contributed by atoms with E-state index in [2.05, 4.69) is 15.6 Å². The fraction of sp³-hybridized carbons (Fsp3) is 0.182. The highest BCUT2D eigenvalue weighted by Gasteiger charge is 2.09. The van der Waals surface area contributed by atoms with Crippen molar-refractivity contribution in [2.45, 2.75) is 20.8 Å². The second-order valence-electron chi connectivity index (χ2n) is 6.29. The van der Waals surface area contributed by atoms with E-state index in [1.165, 1.54) is 0 Å². The molecule has 0 fully saturated rings. The Balaban J connectivity index is 1.65. The molecule has 27 heavy (non-hydrogen) atoms. The Morgan fingerprint density at radius 1 is 1.00 bits per heavy atom. The van der Waals surface area contributed by atoms with Gasteiger partial charge in [-0.25, -0.2) is 4.98 Å². The summed E-state index contributed by atoms with van der Waals surface area (Å²) in [4.78, 5) is 16.7. The third-order valence-corrected chi connectivity index (χ3v) is 4.09. The summed E-state index contributed by atoms with van der Waals surface area (Å²) in [6, 6.07) is 17.2. The monoisotopic (exact) mass is 361 g/mol. The van der Waals surface area contributed by atoms with Gasteiger partial charge in [-0.15, -0.1) is 0 Å². The molecule has 1 aromatic heterocycles. The Labute approximate surface area is 159 Å². The zero-order chi connectivity index (χ0) is 19.2. The van der Waals surface area contributed by atoms with E-state index in [0.717, 1.165) is 33.9 Å². The molecule has 0 bridgehead atoms. The van der Waals surface area contributed by atoms with Gasteiger partial charge < -0.3 is 15.4 Å². The third-order valence-electron chi connectivity index (χ3n) is 4.09. The molecule has 0 atom stereocenters. The van der Waals surface area contributed by atoms with E-state index in [-0.39, 0.29) is 5.91 Å². The van der Waals surface area contributed by atoms with Crippen molar-refractivity contribution in [1.29, 1.82) is 0 Å². The van der Waals surface area contributed by atoms with E-state index < -0.39 is 0 Å². The summed E-state index contributed by atoms with van der Waals surface area (Å²) in [5, 5.41) is 6.17. The van der Waals surface area contributed by atoms with E-state index in [0.29, 0.717) is 12.3 Å². The predicted molar refractivity (Wildman–Crippen MR) is 109 cm³/mol. The van der Waals surface area contributed by atoms with E-state index in [1.807, 2.05) is 69.3 Å². The number of nitrogens with zero attached hydrogens (tertiary/aromatic N) is 1. The second-order valence-corrected chi connectivity index (χ2v) is 6.29. The van der Waals surface area contributed by atoms with Crippen LogP contribution in [0.5, 0.6) is 5.75 Å². The normalized spacial score (nSPS) is 10.3. The number of benzene rings is 2. The number of aromatic nitrogens is 1. The first kappa shape index (κ1) is 18.5. The maximum absolute atomic E-state index is 12.4. The number of carbonyl (C=O) groups is 1. The standard InChI is InChI=1S/C22H23N3O2/c1-4-27-19-10-7-17(8-11-19)24-18-9-12-20(23-14-18)22(26)25-21-13-15(2)5-6-16(21)3/h5-14,24H,4H2,1-3H3,(H,25,26). The summed E-state index contributed by atoms with van der Waals surface area (Å²) in [5.41, 5.74) is 5.02. The summed E-state index contributed by atoms with van der Waals surface area (Å²) in [6.45, 7) is 6.55. The molecule has 3 aromatic rings. The first-order valence-corrected chi connectivity index (χ1v) is 8.89. The minimum Gasteiger partial charge on any atom is -0.494 e. The minimum absolute atomic E-state index is 0.226. The minimum atomic E-state index is -0.226. The molecule has 0 aliphatic rings. The van der Waals surface area contributed by atoms with Gasteiger partial charge >= 0.3 is 0 Å². The summed E-state index contributed by atoms with van der Waals surface area (Å²) in [6.07, 6.45) is 1.65. The van der Waals surface area contributed by atoms with Crippen molar-refractivity contribution in [3.8, 4) is 5.75 Å². The van der Waals surface area contributed by atoms with Crippen molar-refractivity contribution in [2.75, 3.05) is 17.2 Å². The predicted octanol–water partition coefficient (Wildman–Crippen LogP) is 5.09. The van der Waals surface area contributed by atoms with E-state index >= 15 is 0 Å². The molecule has 0 saturated heterocycles. The van der Waals surface area contributed by atoms with Crippen molar-refractivity contribution in [2.24, 2.45) is 0 Å². The number of rotatable bonds is 6. The van der Waals surface area contributed by atoms with Crippen LogP contribution in [0.2, 0.25) is 0 Å². The number of anilines is 3. The van der Waals surface area contributed by atoms with Crippen molar-refractivity contribution in [1.82, 2.24) is 4.98 Å². The smallest absolute Gasteiger partial charge is 0.274 e. The average molecular weight is 361 g/mol. The van der Waals surface area contributed by atoms with Gasteiger partial charge in [0.15, 0.2) is 0 Å². The van der Waals surface area contributed by atoms with Gasteiger partial charge in [-0.1, -0.05) is 12.1 Å². The molecule has 0 radical (unpaired) electrons. The number of aryl methyl sites for hydroxylation is 2. The summed E-state index contributed by atoms with van der Waals surface area (Å²) >= 11 is 0. The van der Waals surface area contributed by atoms with Gasteiger partial charge in [0.05, 0.1) is 18.5 Å². The van der Waals surface area contributed by atoms with Crippen LogP contribution in [-0.2, 0) is 0 Å². The van der Waals surface area contributed by atoms with Crippen LogP contribution in [0, 0.1) is 13.8 Å². The number of nitrogens with one attached hydrogen (secondary N) is 2. The van der Waals surface area contributed by atoms with Crippen LogP contribution >= 0.6 is 0 Å². The molecular formula is C22H23N3O2. The fourth-order valence-electron chi connectivity index (χ4n) is 2.63. The number of amides is 1. The van der Waals surface area contributed by atoms with Gasteiger partial charge in [-0.2, -0.15) is 0 Å². The molecule has 0 aliphatic heterocycles. The molecule has 1 amide bonds. The number of pyridine rings is 1. The van der Waals surface area contributed by atoms with Gasteiger partial charge in [-0.3, -0.25) is 4.79 Å². The van der Waals surface area contributed by atoms with E-state index in [1.54, 1.807) is 12.3 Å². The molecule has 1 heterocycles. The number of ether oxygens (including phenoxy) is 1. The first-order valence-electron chi connectivity index (χ1n) is 8.89. The van der Waals surface area contributed by atoms with Gasteiger partial charge in [0.1, 0.15) is 11.4 Å². The maximum atomic E-state index is 12.4. The van der Waals surface area contributed by atoms with Gasteiger partial charge in [-0.05, 0) is 74.4 Å². The molecule has 0 saturated carbocycles. The molecule has 5 nitrogen and oxygen atoms in total. The first-order chi connectivity index (χ1) is 13.0. The van der Waals surface area contributed by atoms with E-state index in [4.69, 9.17) is 4.74 Å². The van der Waals surface area contributed by atoms with Crippen LogP contribution < -0.4 is 15.4 Å². The summed E-state index contributed by atoms with van der Waals surface area (Å²) in [5.74, 6) is 0.607. The van der Waals surface area contributed by atoms with Crippen molar-refractivity contribution in [3.63, 3.8) is 0 Å². The zero-order valence-corrected chi connectivity index (χ0v) is 15.7. The zero-order valence-electron chi connectivity index (χ0n) is 15.7. The van der Waals surface area contributed by atoms with Crippen molar-refractivity contribution < 1.29 is 9.53 Å².